The molecule has 1 aliphatic carbocycles. The van der Waals surface area contributed by atoms with Crippen LogP contribution in [0.3, 0.4) is 0 Å². The monoisotopic (exact) mass is 344 g/mol. The van der Waals surface area contributed by atoms with Gasteiger partial charge >= 0.3 is 0 Å². The third kappa shape index (κ3) is 4.33. The predicted molar refractivity (Wildman–Crippen MR) is 96.1 cm³/mol. The number of rotatable bonds is 6. The first-order valence-corrected chi connectivity index (χ1v) is 9.36. The third-order valence-corrected chi connectivity index (χ3v) is 5.17. The van der Waals surface area contributed by atoms with E-state index in [1.165, 1.54) is 12.8 Å². The molecule has 0 unspecified atom stereocenters. The Bertz CT molecular complexity index is 623. The molecule has 1 N–H and O–H groups in total. The summed E-state index contributed by atoms with van der Waals surface area (Å²) in [7, 11) is 0. The van der Waals surface area contributed by atoms with Crippen LogP contribution in [-0.2, 0) is 16.1 Å². The van der Waals surface area contributed by atoms with Crippen molar-refractivity contribution in [2.24, 2.45) is 5.92 Å². The van der Waals surface area contributed by atoms with Gasteiger partial charge in [0.1, 0.15) is 5.75 Å². The quantitative estimate of drug-likeness (QED) is 0.863. The Labute approximate surface area is 149 Å². The number of ether oxygens (including phenoxy) is 1. The van der Waals surface area contributed by atoms with Gasteiger partial charge in [-0.25, -0.2) is 0 Å². The van der Waals surface area contributed by atoms with Gasteiger partial charge in [0.05, 0.1) is 12.0 Å². The second-order valence-corrected chi connectivity index (χ2v) is 7.39. The minimum atomic E-state index is -0.252. The van der Waals surface area contributed by atoms with E-state index in [4.69, 9.17) is 4.74 Å². The molecule has 0 radical (unpaired) electrons. The number of amides is 2. The summed E-state index contributed by atoms with van der Waals surface area (Å²) < 4.78 is 6.12. The first-order valence-electron chi connectivity index (χ1n) is 9.36. The van der Waals surface area contributed by atoms with Gasteiger partial charge in [0, 0.05) is 31.1 Å². The summed E-state index contributed by atoms with van der Waals surface area (Å²) in [5.41, 5.74) is 0.993. The van der Waals surface area contributed by atoms with Crippen molar-refractivity contribution in [1.29, 1.82) is 0 Å². The van der Waals surface area contributed by atoms with Crippen molar-refractivity contribution in [2.75, 3.05) is 6.54 Å². The van der Waals surface area contributed by atoms with Gasteiger partial charge in [-0.2, -0.15) is 0 Å². The molecule has 1 aromatic carbocycles. The lowest BCUT2D eigenvalue weighted by molar-refractivity contribution is -0.130. The Kier molecular flexibility index (Phi) is 5.61. The molecule has 25 heavy (non-hydrogen) atoms. The van der Waals surface area contributed by atoms with Crippen molar-refractivity contribution in [3.05, 3.63) is 29.8 Å². The zero-order valence-electron chi connectivity index (χ0n) is 15.2. The molecule has 1 saturated carbocycles. The number of nitrogens with zero attached hydrogens (tertiary/aromatic N) is 1. The van der Waals surface area contributed by atoms with Gasteiger partial charge in [-0.1, -0.05) is 18.2 Å². The molecule has 0 aromatic heterocycles. The van der Waals surface area contributed by atoms with Crippen LogP contribution in [-0.4, -0.2) is 35.4 Å². The standard InChI is InChI=1S/C20H28N2O3/c1-14(2)22-13-16(11-19(22)23)20(24)21-12-15-7-3-6-10-18(15)25-17-8-4-5-9-17/h3,6-7,10,14,16-17H,4-5,8-9,11-13H2,1-2H3,(H,21,24)/t16-/m1/s1. The summed E-state index contributed by atoms with van der Waals surface area (Å²) in [6, 6.07) is 8.03. The normalized spacial score (nSPS) is 21.2. The summed E-state index contributed by atoms with van der Waals surface area (Å²) >= 11 is 0. The molecule has 2 fully saturated rings. The topological polar surface area (TPSA) is 58.6 Å². The lowest BCUT2D eigenvalue weighted by Gasteiger charge is -2.21. The molecule has 3 rings (SSSR count). The summed E-state index contributed by atoms with van der Waals surface area (Å²) in [6.45, 7) is 4.92. The van der Waals surface area contributed by atoms with Gasteiger partial charge in [-0.3, -0.25) is 9.59 Å². The van der Waals surface area contributed by atoms with Crippen molar-refractivity contribution in [3.63, 3.8) is 0 Å². The van der Waals surface area contributed by atoms with Crippen molar-refractivity contribution in [3.8, 4) is 5.75 Å². The summed E-state index contributed by atoms with van der Waals surface area (Å²) in [4.78, 5) is 26.2. The summed E-state index contributed by atoms with van der Waals surface area (Å²) in [5.74, 6) is 0.631. The number of carbonyl (C=O) groups is 2. The van der Waals surface area contributed by atoms with Crippen LogP contribution in [0.15, 0.2) is 24.3 Å². The van der Waals surface area contributed by atoms with E-state index >= 15 is 0 Å². The molecular formula is C20H28N2O3. The zero-order valence-corrected chi connectivity index (χ0v) is 15.2. The van der Waals surface area contributed by atoms with E-state index in [1.807, 2.05) is 38.1 Å². The largest absolute Gasteiger partial charge is 0.490 e. The van der Waals surface area contributed by atoms with E-state index in [2.05, 4.69) is 5.32 Å². The van der Waals surface area contributed by atoms with Gasteiger partial charge in [0.25, 0.3) is 0 Å². The molecule has 5 heteroatoms. The molecular weight excluding hydrogens is 316 g/mol. The van der Waals surface area contributed by atoms with Gasteiger partial charge in [-0.05, 0) is 45.6 Å². The molecule has 1 heterocycles. The van der Waals surface area contributed by atoms with Crippen molar-refractivity contribution < 1.29 is 14.3 Å². The van der Waals surface area contributed by atoms with Gasteiger partial charge < -0.3 is 15.0 Å². The summed E-state index contributed by atoms with van der Waals surface area (Å²) in [5, 5.41) is 2.99. The molecule has 2 aliphatic rings. The molecule has 1 atom stereocenters. The van der Waals surface area contributed by atoms with Crippen LogP contribution in [0.5, 0.6) is 5.75 Å². The highest BCUT2D eigenvalue weighted by atomic mass is 16.5. The number of carbonyl (C=O) groups excluding carboxylic acids is 2. The number of nitrogens with one attached hydrogen (secondary N) is 1. The van der Waals surface area contributed by atoms with Crippen LogP contribution in [0.25, 0.3) is 0 Å². The molecule has 1 saturated heterocycles. The van der Waals surface area contributed by atoms with E-state index in [0.717, 1.165) is 24.2 Å². The van der Waals surface area contributed by atoms with Crippen LogP contribution < -0.4 is 10.1 Å². The highest BCUT2D eigenvalue weighted by Gasteiger charge is 2.35. The minimum absolute atomic E-state index is 0.0489. The van der Waals surface area contributed by atoms with Crippen LogP contribution in [0.1, 0.15) is 51.5 Å². The highest BCUT2D eigenvalue weighted by molar-refractivity contribution is 5.89. The molecule has 2 amide bonds. The van der Waals surface area contributed by atoms with Crippen molar-refractivity contribution in [1.82, 2.24) is 10.2 Å². The number of benzene rings is 1. The molecule has 5 nitrogen and oxygen atoms in total. The number of para-hydroxylation sites is 1. The first kappa shape index (κ1) is 17.8. The van der Waals surface area contributed by atoms with Crippen LogP contribution in [0.4, 0.5) is 0 Å². The van der Waals surface area contributed by atoms with E-state index in [-0.39, 0.29) is 23.8 Å². The smallest absolute Gasteiger partial charge is 0.225 e. The minimum Gasteiger partial charge on any atom is -0.490 e. The third-order valence-electron chi connectivity index (χ3n) is 5.17. The lowest BCUT2D eigenvalue weighted by Crippen LogP contribution is -2.35. The fourth-order valence-corrected chi connectivity index (χ4v) is 3.68. The fraction of sp³-hybridized carbons (Fsp3) is 0.600. The van der Waals surface area contributed by atoms with Crippen LogP contribution in [0.2, 0.25) is 0 Å². The van der Waals surface area contributed by atoms with Crippen molar-refractivity contribution >= 4 is 11.8 Å². The Balaban J connectivity index is 1.56. The lowest BCUT2D eigenvalue weighted by atomic mass is 10.1. The van der Waals surface area contributed by atoms with Crippen LogP contribution in [0, 0.1) is 5.92 Å². The maximum atomic E-state index is 12.5. The average molecular weight is 344 g/mol. The summed E-state index contributed by atoms with van der Waals surface area (Å²) in [6.07, 6.45) is 5.27. The Morgan fingerprint density at radius 3 is 2.68 bits per heavy atom. The molecule has 0 spiro atoms. The van der Waals surface area contributed by atoms with Gasteiger partial charge in [0.2, 0.25) is 11.8 Å². The number of hydrogen-bond acceptors (Lipinski definition) is 3. The van der Waals surface area contributed by atoms with E-state index in [1.54, 1.807) is 4.90 Å². The predicted octanol–water partition coefficient (Wildman–Crippen LogP) is 2.88. The zero-order chi connectivity index (χ0) is 17.8. The SMILES string of the molecule is CC(C)N1C[C@H](C(=O)NCc2ccccc2OC2CCCC2)CC1=O. The fourth-order valence-electron chi connectivity index (χ4n) is 3.68. The number of hydrogen-bond donors (Lipinski definition) is 1. The molecule has 1 aromatic rings. The maximum Gasteiger partial charge on any atom is 0.225 e. The average Bonchev–Trinajstić information content (AvgIpc) is 3.23. The van der Waals surface area contributed by atoms with E-state index in [9.17, 15) is 9.59 Å². The van der Waals surface area contributed by atoms with E-state index in [0.29, 0.717) is 25.6 Å². The molecule has 0 bridgehead atoms. The highest BCUT2D eigenvalue weighted by Crippen LogP contribution is 2.27. The Hall–Kier alpha value is -2.04. The number of likely N-dealkylation sites (tertiary alicyclic amines) is 1. The maximum absolute atomic E-state index is 12.5. The van der Waals surface area contributed by atoms with Crippen LogP contribution >= 0.6 is 0 Å². The first-order chi connectivity index (χ1) is 12.0. The second-order valence-electron chi connectivity index (χ2n) is 7.39. The molecule has 136 valence electrons. The molecule has 1 aliphatic heterocycles. The van der Waals surface area contributed by atoms with Crippen molar-refractivity contribution in [2.45, 2.75) is 64.6 Å². The van der Waals surface area contributed by atoms with Gasteiger partial charge in [-0.15, -0.1) is 0 Å². The van der Waals surface area contributed by atoms with Gasteiger partial charge in [0.15, 0.2) is 0 Å². The second kappa shape index (κ2) is 7.89. The van der Waals surface area contributed by atoms with E-state index < -0.39 is 0 Å². The Morgan fingerprint density at radius 1 is 1.28 bits per heavy atom. The Morgan fingerprint density at radius 2 is 2.00 bits per heavy atom.